The number of amides is 1. The molecule has 6 nitrogen and oxygen atoms in total. The van der Waals surface area contributed by atoms with Crippen LogP contribution in [0.1, 0.15) is 5.56 Å². The van der Waals surface area contributed by atoms with Gasteiger partial charge in [-0.1, -0.05) is 11.6 Å². The van der Waals surface area contributed by atoms with Crippen molar-refractivity contribution in [2.75, 3.05) is 24.9 Å². The first kappa shape index (κ1) is 21.9. The number of rotatable bonds is 6. The summed E-state index contributed by atoms with van der Waals surface area (Å²) in [5.74, 6) is 0.0513. The Morgan fingerprint density at radius 1 is 1.10 bits per heavy atom. The molecule has 0 bridgehead atoms. The highest BCUT2D eigenvalue weighted by atomic mass is 35.5. The molecule has 0 spiro atoms. The van der Waals surface area contributed by atoms with Crippen LogP contribution in [0.4, 0.5) is 24.5 Å². The molecule has 0 atom stereocenters. The normalized spacial score (nSPS) is 11.4. The van der Waals surface area contributed by atoms with Gasteiger partial charge in [-0.05, 0) is 30.3 Å². The maximum Gasteiger partial charge on any atom is 0.417 e. The first-order valence-electron chi connectivity index (χ1n) is 7.96. The second-order valence-corrected chi connectivity index (χ2v) is 5.94. The van der Waals surface area contributed by atoms with Gasteiger partial charge in [0.25, 0.3) is 5.91 Å². The van der Waals surface area contributed by atoms with E-state index in [0.29, 0.717) is 17.2 Å². The molecular formula is C19H15ClF3N3O3. The van der Waals surface area contributed by atoms with Crippen LogP contribution < -0.4 is 20.1 Å². The third-order valence-electron chi connectivity index (χ3n) is 3.66. The lowest BCUT2D eigenvalue weighted by Gasteiger charge is -2.11. The number of benzene rings is 2. The van der Waals surface area contributed by atoms with Crippen molar-refractivity contribution in [1.29, 1.82) is 5.26 Å². The highest BCUT2D eigenvalue weighted by Crippen LogP contribution is 2.36. The van der Waals surface area contributed by atoms with Crippen molar-refractivity contribution in [2.45, 2.75) is 6.18 Å². The van der Waals surface area contributed by atoms with Crippen molar-refractivity contribution in [1.82, 2.24) is 0 Å². The Labute approximate surface area is 169 Å². The van der Waals surface area contributed by atoms with Crippen molar-refractivity contribution in [2.24, 2.45) is 0 Å². The lowest BCUT2D eigenvalue weighted by Crippen LogP contribution is -2.14. The van der Waals surface area contributed by atoms with Crippen molar-refractivity contribution in [3.8, 4) is 17.6 Å². The summed E-state index contributed by atoms with van der Waals surface area (Å²) in [4.78, 5) is 12.3. The largest absolute Gasteiger partial charge is 0.493 e. The van der Waals surface area contributed by atoms with Crippen LogP contribution in [0.2, 0.25) is 5.02 Å². The molecule has 0 saturated carbocycles. The molecule has 0 radical (unpaired) electrons. The molecule has 0 saturated heterocycles. The molecule has 0 aliphatic heterocycles. The number of methoxy groups -OCH3 is 2. The monoisotopic (exact) mass is 425 g/mol. The average Bonchev–Trinajstić information content (AvgIpc) is 2.68. The molecule has 2 aromatic rings. The molecule has 0 aliphatic rings. The topological polar surface area (TPSA) is 83.4 Å². The van der Waals surface area contributed by atoms with Crippen LogP contribution in [0.25, 0.3) is 0 Å². The van der Waals surface area contributed by atoms with E-state index in [0.717, 1.165) is 18.3 Å². The number of carbonyl (C=O) groups is 1. The molecule has 0 unspecified atom stereocenters. The Bertz CT molecular complexity index is 985. The minimum Gasteiger partial charge on any atom is -0.493 e. The summed E-state index contributed by atoms with van der Waals surface area (Å²) < 4.78 is 49.0. The smallest absolute Gasteiger partial charge is 0.417 e. The molecule has 10 heteroatoms. The van der Waals surface area contributed by atoms with E-state index < -0.39 is 22.7 Å². The molecule has 2 N–H and O–H groups in total. The first-order valence-corrected chi connectivity index (χ1v) is 8.34. The number of carbonyl (C=O) groups excluding carboxylic acids is 1. The third-order valence-corrected chi connectivity index (χ3v) is 3.99. The zero-order valence-corrected chi connectivity index (χ0v) is 16.0. The van der Waals surface area contributed by atoms with Crippen LogP contribution in [0.15, 0.2) is 48.2 Å². The van der Waals surface area contributed by atoms with E-state index in [2.05, 4.69) is 10.6 Å². The summed E-state index contributed by atoms with van der Waals surface area (Å²) in [6, 6.07) is 9.41. The molecule has 0 aromatic heterocycles. The van der Waals surface area contributed by atoms with Gasteiger partial charge < -0.3 is 20.1 Å². The molecule has 2 aromatic carbocycles. The van der Waals surface area contributed by atoms with Gasteiger partial charge >= 0.3 is 6.18 Å². The van der Waals surface area contributed by atoms with E-state index in [1.807, 2.05) is 0 Å². The average molecular weight is 426 g/mol. The number of anilines is 2. The van der Waals surface area contributed by atoms with E-state index in [9.17, 15) is 23.2 Å². The molecule has 0 heterocycles. The Kier molecular flexibility index (Phi) is 6.96. The molecule has 0 fully saturated rings. The number of nitriles is 1. The standard InChI is InChI=1S/C19H15ClF3N3O3/c1-28-16-6-4-13(8-17(16)29-2)26-18(27)11(9-24)10-25-12-3-5-15(20)14(7-12)19(21,22)23/h3-8,10,25H,1-2H3,(H,26,27)/b11-10-. The van der Waals surface area contributed by atoms with Crippen LogP contribution in [-0.4, -0.2) is 20.1 Å². The number of halogens is 4. The van der Waals surface area contributed by atoms with Crippen LogP contribution in [-0.2, 0) is 11.0 Å². The molecule has 0 aliphatic carbocycles. The Morgan fingerprint density at radius 3 is 2.34 bits per heavy atom. The zero-order chi connectivity index (χ0) is 21.6. The van der Waals surface area contributed by atoms with Crippen molar-refractivity contribution >= 4 is 28.9 Å². The van der Waals surface area contributed by atoms with E-state index >= 15 is 0 Å². The number of nitrogens with zero attached hydrogens (tertiary/aromatic N) is 1. The Hall–Kier alpha value is -3.38. The van der Waals surface area contributed by atoms with Crippen LogP contribution in [0, 0.1) is 11.3 Å². The second-order valence-electron chi connectivity index (χ2n) is 5.53. The minimum absolute atomic E-state index is 0.00777. The van der Waals surface area contributed by atoms with Gasteiger partial charge in [-0.15, -0.1) is 0 Å². The molecule has 1 amide bonds. The maximum atomic E-state index is 12.9. The van der Waals surface area contributed by atoms with E-state index in [-0.39, 0.29) is 11.3 Å². The molecule has 29 heavy (non-hydrogen) atoms. The molecular weight excluding hydrogens is 411 g/mol. The van der Waals surface area contributed by atoms with Gasteiger partial charge in [0, 0.05) is 23.6 Å². The quantitative estimate of drug-likeness (QED) is 0.511. The predicted molar refractivity (Wildman–Crippen MR) is 102 cm³/mol. The fourth-order valence-electron chi connectivity index (χ4n) is 2.25. The summed E-state index contributed by atoms with van der Waals surface area (Å²) in [6.07, 6.45) is -3.64. The SMILES string of the molecule is COc1ccc(NC(=O)/C(C#N)=C\Nc2ccc(Cl)c(C(F)(F)F)c2)cc1OC. The van der Waals surface area contributed by atoms with Gasteiger partial charge in [-0.25, -0.2) is 0 Å². The van der Waals surface area contributed by atoms with Crippen molar-refractivity contribution in [3.63, 3.8) is 0 Å². The summed E-state index contributed by atoms with van der Waals surface area (Å²) in [5, 5.41) is 13.7. The van der Waals surface area contributed by atoms with Crippen LogP contribution >= 0.6 is 11.6 Å². The first-order chi connectivity index (χ1) is 13.7. The fraction of sp³-hybridized carbons (Fsp3) is 0.158. The van der Waals surface area contributed by atoms with Gasteiger partial charge in [0.2, 0.25) is 0 Å². The number of alkyl halides is 3. The third kappa shape index (κ3) is 5.56. The van der Waals surface area contributed by atoms with Crippen molar-refractivity contribution in [3.05, 3.63) is 58.8 Å². The lowest BCUT2D eigenvalue weighted by atomic mass is 10.2. The molecule has 152 valence electrons. The Morgan fingerprint density at radius 2 is 1.76 bits per heavy atom. The van der Waals surface area contributed by atoms with Gasteiger partial charge in [0.1, 0.15) is 11.6 Å². The minimum atomic E-state index is -4.64. The van der Waals surface area contributed by atoms with Crippen molar-refractivity contribution < 1.29 is 27.4 Å². The number of nitrogens with one attached hydrogen (secondary N) is 2. The molecule has 2 rings (SSSR count). The Balaban J connectivity index is 2.18. The van der Waals surface area contributed by atoms with Gasteiger partial charge in [0.15, 0.2) is 11.5 Å². The summed E-state index contributed by atoms with van der Waals surface area (Å²) in [7, 11) is 2.88. The highest BCUT2D eigenvalue weighted by Gasteiger charge is 2.33. The summed E-state index contributed by atoms with van der Waals surface area (Å²) in [6.45, 7) is 0. The van der Waals surface area contributed by atoms with E-state index in [4.69, 9.17) is 21.1 Å². The van der Waals surface area contributed by atoms with Gasteiger partial charge in [-0.3, -0.25) is 4.79 Å². The number of ether oxygens (including phenoxy) is 2. The maximum absolute atomic E-state index is 12.9. The second kappa shape index (κ2) is 9.21. The van der Waals surface area contributed by atoms with E-state index in [1.54, 1.807) is 12.1 Å². The summed E-state index contributed by atoms with van der Waals surface area (Å²) in [5.41, 5.74) is -1.05. The number of hydrogen-bond donors (Lipinski definition) is 2. The number of hydrogen-bond acceptors (Lipinski definition) is 5. The van der Waals surface area contributed by atoms with Crippen LogP contribution in [0.5, 0.6) is 11.5 Å². The van der Waals surface area contributed by atoms with E-state index in [1.165, 1.54) is 32.4 Å². The zero-order valence-electron chi connectivity index (χ0n) is 15.2. The lowest BCUT2D eigenvalue weighted by molar-refractivity contribution is -0.137. The van der Waals surface area contributed by atoms with Crippen LogP contribution in [0.3, 0.4) is 0 Å². The van der Waals surface area contributed by atoms with Gasteiger partial charge in [-0.2, -0.15) is 18.4 Å². The van der Waals surface area contributed by atoms with Gasteiger partial charge in [0.05, 0.1) is 24.8 Å². The summed E-state index contributed by atoms with van der Waals surface area (Å²) >= 11 is 5.56. The highest BCUT2D eigenvalue weighted by molar-refractivity contribution is 6.31. The predicted octanol–water partition coefficient (Wildman–Crippen LogP) is 4.83. The fourth-order valence-corrected chi connectivity index (χ4v) is 2.47.